The molecule has 0 aromatic heterocycles. The van der Waals surface area contributed by atoms with E-state index in [9.17, 15) is 24.5 Å². The monoisotopic (exact) mass is 469 g/mol. The molecule has 0 bridgehead atoms. The lowest BCUT2D eigenvalue weighted by Gasteiger charge is -2.42. The van der Waals surface area contributed by atoms with Gasteiger partial charge >= 0.3 is 13.1 Å². The summed E-state index contributed by atoms with van der Waals surface area (Å²) >= 11 is 0. The molecule has 2 amide bonds. The highest BCUT2D eigenvalue weighted by molar-refractivity contribution is 6.53. The van der Waals surface area contributed by atoms with Crippen molar-refractivity contribution >= 4 is 24.9 Å². The summed E-state index contributed by atoms with van der Waals surface area (Å²) in [6, 6.07) is 6.71. The van der Waals surface area contributed by atoms with Gasteiger partial charge in [-0.15, -0.1) is 0 Å². The molecule has 2 aliphatic heterocycles. The molecule has 182 valence electrons. The lowest BCUT2D eigenvalue weighted by Crippen LogP contribution is -2.44. The summed E-state index contributed by atoms with van der Waals surface area (Å²) in [6.07, 6.45) is 3.83. The van der Waals surface area contributed by atoms with Crippen LogP contribution < -0.4 is 0 Å². The molecule has 34 heavy (non-hydrogen) atoms. The van der Waals surface area contributed by atoms with E-state index in [2.05, 4.69) is 0 Å². The Morgan fingerprint density at radius 2 is 1.97 bits per heavy atom. The van der Waals surface area contributed by atoms with Gasteiger partial charge in [-0.1, -0.05) is 37.5 Å². The zero-order valence-corrected chi connectivity index (χ0v) is 19.5. The number of carbonyl (C=O) groups is 3. The molecule has 2 saturated heterocycles. The van der Waals surface area contributed by atoms with E-state index in [0.717, 1.165) is 29.5 Å². The SMILES string of the molecule is CCCC1=C2B(O)O[C@H](c3cccc(O)c3)C[C@H]2[C@H]2C(=O)N(CCCCCC(=O)O)C(=O)[C@H]2C1. The Morgan fingerprint density at radius 1 is 1.18 bits per heavy atom. The van der Waals surface area contributed by atoms with Crippen LogP contribution in [0.1, 0.15) is 70.0 Å². The number of phenols is 1. The topological polar surface area (TPSA) is 124 Å². The Kier molecular flexibility index (Phi) is 7.43. The average Bonchev–Trinajstić information content (AvgIpc) is 3.03. The number of carboxylic acid groups (broad SMARTS) is 1. The molecule has 2 fully saturated rings. The number of imide groups is 1. The Balaban J connectivity index is 1.57. The number of carbonyl (C=O) groups excluding carboxylic acids is 2. The molecule has 3 aliphatic rings. The fourth-order valence-corrected chi connectivity index (χ4v) is 5.90. The van der Waals surface area contributed by atoms with Crippen molar-refractivity contribution in [3.8, 4) is 5.75 Å². The molecule has 1 aromatic rings. The first-order chi connectivity index (χ1) is 16.3. The Hall–Kier alpha value is -2.65. The fourth-order valence-electron chi connectivity index (χ4n) is 5.90. The largest absolute Gasteiger partial charge is 0.508 e. The molecule has 0 saturated carbocycles. The predicted molar refractivity (Wildman–Crippen MR) is 124 cm³/mol. The zero-order valence-electron chi connectivity index (χ0n) is 19.5. The summed E-state index contributed by atoms with van der Waals surface area (Å²) in [5.41, 5.74) is 2.49. The number of hydrogen-bond acceptors (Lipinski definition) is 6. The number of amides is 2. The van der Waals surface area contributed by atoms with Gasteiger partial charge in [-0.3, -0.25) is 19.3 Å². The molecule has 1 aromatic carbocycles. The number of unbranched alkanes of at least 4 members (excludes halogenated alkanes) is 2. The van der Waals surface area contributed by atoms with Crippen LogP contribution in [0.5, 0.6) is 5.75 Å². The highest BCUT2D eigenvalue weighted by Crippen LogP contribution is 2.52. The van der Waals surface area contributed by atoms with Gasteiger partial charge in [0.15, 0.2) is 0 Å². The summed E-state index contributed by atoms with van der Waals surface area (Å²) in [5, 5.41) is 29.7. The van der Waals surface area contributed by atoms with Crippen molar-refractivity contribution in [3.05, 3.63) is 40.9 Å². The second kappa shape index (κ2) is 10.3. The Morgan fingerprint density at radius 3 is 2.68 bits per heavy atom. The smallest absolute Gasteiger partial charge is 0.487 e. The van der Waals surface area contributed by atoms with Gasteiger partial charge in [-0.2, -0.15) is 0 Å². The maximum Gasteiger partial charge on any atom is 0.487 e. The van der Waals surface area contributed by atoms with Crippen LogP contribution in [0.25, 0.3) is 0 Å². The number of aromatic hydroxyl groups is 1. The van der Waals surface area contributed by atoms with Crippen LogP contribution in [-0.2, 0) is 19.0 Å². The third kappa shape index (κ3) is 4.77. The van der Waals surface area contributed by atoms with Crippen LogP contribution in [-0.4, -0.2) is 51.6 Å². The van der Waals surface area contributed by atoms with E-state index in [-0.39, 0.29) is 29.9 Å². The van der Waals surface area contributed by atoms with E-state index < -0.39 is 31.0 Å². The molecule has 9 heteroatoms. The number of hydrogen-bond donors (Lipinski definition) is 3. The maximum atomic E-state index is 13.5. The summed E-state index contributed by atoms with van der Waals surface area (Å²) in [4.78, 5) is 38.8. The first kappa shape index (κ1) is 24.5. The van der Waals surface area contributed by atoms with Crippen molar-refractivity contribution in [3.63, 3.8) is 0 Å². The molecular formula is C25H32BNO7. The second-order valence-corrected chi connectivity index (χ2v) is 9.59. The Labute approximate surface area is 199 Å². The number of phenolic OH excluding ortho intramolecular Hbond substituents is 1. The maximum absolute atomic E-state index is 13.5. The minimum atomic E-state index is -1.15. The number of carboxylic acids is 1. The van der Waals surface area contributed by atoms with E-state index in [1.54, 1.807) is 18.2 Å². The van der Waals surface area contributed by atoms with Crippen LogP contribution >= 0.6 is 0 Å². The molecule has 0 spiro atoms. The molecular weight excluding hydrogens is 437 g/mol. The van der Waals surface area contributed by atoms with Crippen molar-refractivity contribution in [2.45, 2.75) is 64.4 Å². The number of aliphatic carboxylic acids is 1. The van der Waals surface area contributed by atoms with Crippen LogP contribution in [0.15, 0.2) is 35.3 Å². The van der Waals surface area contributed by atoms with Gasteiger partial charge < -0.3 is 19.9 Å². The van der Waals surface area contributed by atoms with Crippen molar-refractivity contribution in [1.29, 1.82) is 0 Å². The molecule has 2 heterocycles. The van der Waals surface area contributed by atoms with E-state index in [1.807, 2.05) is 13.0 Å². The number of rotatable bonds is 9. The number of fused-ring (bicyclic) bond motifs is 3. The lowest BCUT2D eigenvalue weighted by molar-refractivity contribution is -0.141. The molecule has 1 aliphatic carbocycles. The molecule has 0 radical (unpaired) electrons. The van der Waals surface area contributed by atoms with Gasteiger partial charge in [0.2, 0.25) is 11.8 Å². The van der Waals surface area contributed by atoms with Crippen molar-refractivity contribution in [2.24, 2.45) is 17.8 Å². The van der Waals surface area contributed by atoms with Gasteiger partial charge in [0.05, 0.1) is 17.9 Å². The van der Waals surface area contributed by atoms with Crippen LogP contribution in [0.4, 0.5) is 0 Å². The highest BCUT2D eigenvalue weighted by atomic mass is 16.5. The summed E-state index contributed by atoms with van der Waals surface area (Å²) in [5.74, 6) is -2.36. The van der Waals surface area contributed by atoms with Gasteiger partial charge in [0, 0.05) is 13.0 Å². The third-order valence-corrected chi connectivity index (χ3v) is 7.37. The van der Waals surface area contributed by atoms with Gasteiger partial charge in [0.1, 0.15) is 5.75 Å². The Bertz CT molecular complexity index is 993. The van der Waals surface area contributed by atoms with Crippen LogP contribution in [0.2, 0.25) is 0 Å². The van der Waals surface area contributed by atoms with E-state index in [0.29, 0.717) is 38.6 Å². The first-order valence-electron chi connectivity index (χ1n) is 12.2. The van der Waals surface area contributed by atoms with Gasteiger partial charge in [-0.25, -0.2) is 0 Å². The molecule has 8 nitrogen and oxygen atoms in total. The second-order valence-electron chi connectivity index (χ2n) is 9.59. The van der Waals surface area contributed by atoms with E-state index in [4.69, 9.17) is 9.76 Å². The number of likely N-dealkylation sites (tertiary alicyclic amines) is 1. The molecule has 0 unspecified atom stereocenters. The summed E-state index contributed by atoms with van der Waals surface area (Å²) in [7, 11) is -1.15. The van der Waals surface area contributed by atoms with Crippen molar-refractivity contribution in [2.75, 3.05) is 6.54 Å². The normalized spacial score (nSPS) is 26.6. The number of allylic oxidation sites excluding steroid dienone is 2. The third-order valence-electron chi connectivity index (χ3n) is 7.37. The quantitative estimate of drug-likeness (QED) is 0.288. The molecule has 4 atom stereocenters. The molecule has 3 N–H and O–H groups in total. The predicted octanol–water partition coefficient (Wildman–Crippen LogP) is 3.24. The summed E-state index contributed by atoms with van der Waals surface area (Å²) < 4.78 is 5.95. The highest BCUT2D eigenvalue weighted by Gasteiger charge is 2.57. The van der Waals surface area contributed by atoms with Crippen molar-refractivity contribution < 1.29 is 34.3 Å². The number of benzene rings is 1. The van der Waals surface area contributed by atoms with E-state index in [1.165, 1.54) is 4.90 Å². The van der Waals surface area contributed by atoms with Gasteiger partial charge in [0.25, 0.3) is 0 Å². The standard InChI is InChI=1S/C25H32BNO7/c1-2-7-16-13-19-22(25(32)27(24(19)31)11-5-3-4-10-21(29)30)18-14-20(34-26(33)23(16)18)15-8-6-9-17(28)12-15/h6,8-9,12,18-20,22,28,33H,2-5,7,10-11,13-14H2,1H3,(H,29,30)/t18-,19-,20-,22+/m0/s1. The average molecular weight is 469 g/mol. The fraction of sp³-hybridized carbons (Fsp3) is 0.560. The minimum absolute atomic E-state index is 0.0805. The summed E-state index contributed by atoms with van der Waals surface area (Å²) in [6.45, 7) is 2.34. The van der Waals surface area contributed by atoms with Crippen LogP contribution in [0, 0.1) is 17.8 Å². The minimum Gasteiger partial charge on any atom is -0.508 e. The lowest BCUT2D eigenvalue weighted by atomic mass is 9.54. The first-order valence-corrected chi connectivity index (χ1v) is 12.2. The number of nitrogens with zero attached hydrogens (tertiary/aromatic N) is 1. The van der Waals surface area contributed by atoms with Crippen molar-refractivity contribution in [1.82, 2.24) is 4.90 Å². The van der Waals surface area contributed by atoms with Crippen LogP contribution in [0.3, 0.4) is 0 Å². The molecule has 4 rings (SSSR count). The van der Waals surface area contributed by atoms with Gasteiger partial charge in [-0.05, 0) is 61.2 Å². The zero-order chi connectivity index (χ0) is 24.4. The van der Waals surface area contributed by atoms with E-state index >= 15 is 0 Å².